The first kappa shape index (κ1) is 25.4. The van der Waals surface area contributed by atoms with E-state index in [-0.39, 0.29) is 29.8 Å². The standard InChI is InChI=1S/C23H22F5N5O2S2/c24-37(25,26,27,28)21-5-3-19(4-6-21)31-20-9-12-33(13-10-20)36(34,35)23-8-2-17(15-30-23)18-1-7-22-29-11-14-32(22)16-18/h1-8,11,14-16,20,31H,9-10,12-13H2. The molecular weight excluding hydrogens is 537 g/mol. The smallest absolute Gasteiger partial charge is 0.310 e. The van der Waals surface area contributed by atoms with Crippen molar-refractivity contribution in [3.8, 4) is 11.1 Å². The molecule has 1 aliphatic heterocycles. The number of pyridine rings is 2. The van der Waals surface area contributed by atoms with E-state index in [0.717, 1.165) is 28.9 Å². The average molecular weight is 560 g/mol. The summed E-state index contributed by atoms with van der Waals surface area (Å²) in [6, 6.07) is 9.23. The zero-order chi connectivity index (χ0) is 26.5. The van der Waals surface area contributed by atoms with Gasteiger partial charge in [0.2, 0.25) is 0 Å². The van der Waals surface area contributed by atoms with Crippen molar-refractivity contribution in [1.82, 2.24) is 18.7 Å². The number of hydrogen-bond acceptors (Lipinski definition) is 5. The van der Waals surface area contributed by atoms with E-state index in [1.165, 1.54) is 16.6 Å². The molecule has 0 saturated carbocycles. The fourth-order valence-corrected chi connectivity index (χ4v) is 6.24. The highest BCUT2D eigenvalue weighted by molar-refractivity contribution is 8.45. The Morgan fingerprint density at radius 3 is 2.16 bits per heavy atom. The van der Waals surface area contributed by atoms with Crippen LogP contribution in [0.15, 0.2) is 83.2 Å². The first-order valence-corrected chi connectivity index (χ1v) is 14.6. The number of sulfonamides is 1. The fraction of sp³-hybridized carbons (Fsp3) is 0.217. The van der Waals surface area contributed by atoms with Crippen LogP contribution in [0.4, 0.5) is 25.1 Å². The number of aromatic nitrogens is 3. The number of nitrogens with one attached hydrogen (secondary N) is 1. The number of fused-ring (bicyclic) bond motifs is 1. The molecular formula is C23H22F5N5O2S2. The van der Waals surface area contributed by atoms with E-state index in [4.69, 9.17) is 0 Å². The van der Waals surface area contributed by atoms with Crippen molar-refractivity contribution < 1.29 is 27.8 Å². The van der Waals surface area contributed by atoms with Gasteiger partial charge in [0.1, 0.15) is 10.5 Å². The van der Waals surface area contributed by atoms with Crippen molar-refractivity contribution in [2.45, 2.75) is 28.8 Å². The van der Waals surface area contributed by atoms with Gasteiger partial charge in [0, 0.05) is 55.2 Å². The van der Waals surface area contributed by atoms with Crippen LogP contribution < -0.4 is 5.32 Å². The molecule has 4 aromatic rings. The van der Waals surface area contributed by atoms with Gasteiger partial charge in [0.05, 0.1) is 0 Å². The Morgan fingerprint density at radius 2 is 1.54 bits per heavy atom. The Labute approximate surface area is 209 Å². The summed E-state index contributed by atoms with van der Waals surface area (Å²) in [5.41, 5.74) is 2.63. The summed E-state index contributed by atoms with van der Waals surface area (Å²) in [6.45, 7) is 0.342. The average Bonchev–Trinajstić information content (AvgIpc) is 3.31. The normalized spacial score (nSPS) is 17.9. The quantitative estimate of drug-likeness (QED) is 0.280. The van der Waals surface area contributed by atoms with Crippen LogP contribution in [0.1, 0.15) is 12.8 Å². The second kappa shape index (κ2) is 8.13. The number of halogens is 5. The van der Waals surface area contributed by atoms with E-state index in [0.29, 0.717) is 25.0 Å². The van der Waals surface area contributed by atoms with Crippen molar-refractivity contribution in [1.29, 1.82) is 0 Å². The Kier molecular flexibility index (Phi) is 5.59. The van der Waals surface area contributed by atoms with Gasteiger partial charge in [-0.15, -0.1) is 0 Å². The van der Waals surface area contributed by atoms with Crippen LogP contribution in [-0.4, -0.2) is 46.2 Å². The minimum Gasteiger partial charge on any atom is -0.382 e. The van der Waals surface area contributed by atoms with Crippen LogP contribution in [0.3, 0.4) is 0 Å². The Bertz CT molecular complexity index is 1550. The summed E-state index contributed by atoms with van der Waals surface area (Å²) < 4.78 is 93.8. The minimum absolute atomic E-state index is 0.0852. The molecule has 1 N–H and O–H groups in total. The van der Waals surface area contributed by atoms with E-state index in [1.807, 2.05) is 22.7 Å². The van der Waals surface area contributed by atoms with Gasteiger partial charge < -0.3 is 9.72 Å². The molecule has 0 aliphatic carbocycles. The van der Waals surface area contributed by atoms with E-state index < -0.39 is 25.1 Å². The summed E-state index contributed by atoms with van der Waals surface area (Å²) >= 11 is 0. The molecule has 198 valence electrons. The van der Waals surface area contributed by atoms with Gasteiger partial charge in [0.15, 0.2) is 5.03 Å². The summed E-state index contributed by atoms with van der Waals surface area (Å²) in [5, 5.41) is 2.90. The number of anilines is 1. The third-order valence-corrected chi connectivity index (χ3v) is 9.17. The summed E-state index contributed by atoms with van der Waals surface area (Å²) in [4.78, 5) is 6.41. The zero-order valence-corrected chi connectivity index (χ0v) is 20.8. The maximum Gasteiger partial charge on any atom is 0.310 e. The lowest BCUT2D eigenvalue weighted by Gasteiger charge is -2.40. The molecule has 1 aliphatic rings. The molecule has 1 fully saturated rings. The number of hydrogen-bond donors (Lipinski definition) is 1. The first-order chi connectivity index (χ1) is 17.2. The minimum atomic E-state index is -9.72. The van der Waals surface area contributed by atoms with Gasteiger partial charge in [-0.3, -0.25) is 0 Å². The molecule has 37 heavy (non-hydrogen) atoms. The SMILES string of the molecule is O=S(=O)(c1ccc(-c2ccc3nccn3c2)cn1)N1CCC(Nc2ccc(S(F)(F)(F)(F)F)cc2)CC1. The van der Waals surface area contributed by atoms with Gasteiger partial charge in [-0.2, -0.15) is 4.31 Å². The summed E-state index contributed by atoms with van der Waals surface area (Å²) in [5.74, 6) is 0. The van der Waals surface area contributed by atoms with Gasteiger partial charge >= 0.3 is 10.2 Å². The molecule has 1 aromatic carbocycles. The van der Waals surface area contributed by atoms with Gasteiger partial charge in [-0.05, 0) is 66.9 Å². The van der Waals surface area contributed by atoms with Crippen LogP contribution in [-0.2, 0) is 10.0 Å². The molecule has 0 spiro atoms. The number of imidazole rings is 1. The highest BCUT2D eigenvalue weighted by atomic mass is 32.5. The van der Waals surface area contributed by atoms with Crippen molar-refractivity contribution in [2.24, 2.45) is 0 Å². The van der Waals surface area contributed by atoms with Crippen molar-refractivity contribution in [3.63, 3.8) is 0 Å². The molecule has 3 aromatic heterocycles. The lowest BCUT2D eigenvalue weighted by Crippen LogP contribution is -2.42. The van der Waals surface area contributed by atoms with E-state index in [2.05, 4.69) is 15.3 Å². The highest BCUT2D eigenvalue weighted by Gasteiger charge is 2.65. The maximum atomic E-state index is 13.1. The van der Waals surface area contributed by atoms with Gasteiger partial charge in [-0.25, -0.2) is 18.4 Å². The predicted molar refractivity (Wildman–Crippen MR) is 132 cm³/mol. The molecule has 14 heteroatoms. The second-order valence-electron chi connectivity index (χ2n) is 8.81. The lowest BCUT2D eigenvalue weighted by molar-refractivity contribution is 0.329. The number of rotatable bonds is 6. The molecule has 4 heterocycles. The van der Waals surface area contributed by atoms with Crippen LogP contribution >= 0.6 is 10.2 Å². The van der Waals surface area contributed by atoms with Crippen LogP contribution in [0, 0.1) is 0 Å². The van der Waals surface area contributed by atoms with Crippen molar-refractivity contribution in [3.05, 3.63) is 73.3 Å². The zero-order valence-electron chi connectivity index (χ0n) is 19.1. The Hall–Kier alpha value is -3.23. The molecule has 0 unspecified atom stereocenters. The number of piperidine rings is 1. The van der Waals surface area contributed by atoms with Crippen LogP contribution in [0.5, 0.6) is 0 Å². The maximum absolute atomic E-state index is 13.1. The molecule has 0 amide bonds. The summed E-state index contributed by atoms with van der Waals surface area (Å²) in [6.07, 6.45) is 7.61. The van der Waals surface area contributed by atoms with Gasteiger partial charge in [0.25, 0.3) is 10.0 Å². The van der Waals surface area contributed by atoms with Crippen molar-refractivity contribution >= 4 is 31.6 Å². The lowest BCUT2D eigenvalue weighted by atomic mass is 10.1. The van der Waals surface area contributed by atoms with E-state index in [1.54, 1.807) is 18.5 Å². The third-order valence-electron chi connectivity index (χ3n) is 6.19. The third kappa shape index (κ3) is 5.40. The van der Waals surface area contributed by atoms with Gasteiger partial charge in [-0.1, -0.05) is 19.4 Å². The van der Waals surface area contributed by atoms with Crippen LogP contribution in [0.25, 0.3) is 16.8 Å². The van der Waals surface area contributed by atoms with Crippen molar-refractivity contribution in [2.75, 3.05) is 18.4 Å². The molecule has 0 radical (unpaired) electrons. The number of nitrogens with zero attached hydrogens (tertiary/aromatic N) is 4. The highest BCUT2D eigenvalue weighted by Crippen LogP contribution is 3.02. The van der Waals surface area contributed by atoms with Crippen LogP contribution in [0.2, 0.25) is 0 Å². The van der Waals surface area contributed by atoms with E-state index >= 15 is 0 Å². The Morgan fingerprint density at radius 1 is 0.865 bits per heavy atom. The molecule has 0 atom stereocenters. The largest absolute Gasteiger partial charge is 0.382 e. The molecule has 5 rings (SSSR count). The molecule has 0 bridgehead atoms. The fourth-order valence-electron chi connectivity index (χ4n) is 4.21. The molecule has 1 saturated heterocycles. The summed E-state index contributed by atoms with van der Waals surface area (Å²) in [7, 11) is -13.6. The number of benzene rings is 1. The van der Waals surface area contributed by atoms with E-state index in [9.17, 15) is 27.8 Å². The Balaban J connectivity index is 1.22. The monoisotopic (exact) mass is 559 g/mol. The predicted octanol–water partition coefficient (Wildman–Crippen LogP) is 6.32. The topological polar surface area (TPSA) is 79.6 Å². The first-order valence-electron chi connectivity index (χ1n) is 11.2. The second-order valence-corrected chi connectivity index (χ2v) is 13.1. The molecule has 7 nitrogen and oxygen atoms in total.